The van der Waals surface area contributed by atoms with Crippen molar-refractivity contribution in [1.29, 1.82) is 0 Å². The summed E-state index contributed by atoms with van der Waals surface area (Å²) >= 11 is 5.98. The summed E-state index contributed by atoms with van der Waals surface area (Å²) in [4.78, 5) is 25.6. The van der Waals surface area contributed by atoms with Crippen molar-refractivity contribution in [3.05, 3.63) is 35.0 Å². The van der Waals surface area contributed by atoms with Gasteiger partial charge in [-0.1, -0.05) is 11.6 Å². The zero-order valence-corrected chi connectivity index (χ0v) is 12.2. The summed E-state index contributed by atoms with van der Waals surface area (Å²) in [5.41, 5.74) is 7.22. The lowest BCUT2D eigenvalue weighted by Gasteiger charge is -2.06. The number of aromatic nitrogens is 1. The molecule has 0 fully saturated rings. The minimum absolute atomic E-state index is 0.0598. The summed E-state index contributed by atoms with van der Waals surface area (Å²) in [6, 6.07) is 5.64. The number of nitrogens with two attached hydrogens (primary N) is 1. The summed E-state index contributed by atoms with van der Waals surface area (Å²) in [6.07, 6.45) is 2.58. The lowest BCUT2D eigenvalue weighted by Crippen LogP contribution is -2.40. The van der Waals surface area contributed by atoms with Gasteiger partial charge in [0, 0.05) is 28.7 Å². The van der Waals surface area contributed by atoms with Crippen LogP contribution in [0.4, 0.5) is 0 Å². The quantitative estimate of drug-likeness (QED) is 0.627. The molecule has 7 heteroatoms. The monoisotopic (exact) mass is 308 g/mol. The molecule has 0 unspecified atom stereocenters. The average molecular weight is 309 g/mol. The van der Waals surface area contributed by atoms with Gasteiger partial charge in [0.2, 0.25) is 11.8 Å². The van der Waals surface area contributed by atoms with Crippen LogP contribution in [0.5, 0.6) is 0 Å². The second kappa shape index (κ2) is 7.10. The molecule has 0 spiro atoms. The molecule has 0 saturated carbocycles. The van der Waals surface area contributed by atoms with Gasteiger partial charge in [0.15, 0.2) is 0 Å². The molecule has 2 aromatic rings. The molecule has 112 valence electrons. The third kappa shape index (κ3) is 4.21. The molecule has 0 bridgehead atoms. The van der Waals surface area contributed by atoms with E-state index in [1.165, 1.54) is 0 Å². The number of amides is 2. The van der Waals surface area contributed by atoms with Crippen LogP contribution in [-0.4, -0.2) is 36.4 Å². The number of aromatic amines is 1. The van der Waals surface area contributed by atoms with Crippen LogP contribution in [0.2, 0.25) is 5.02 Å². The molecule has 0 aliphatic carbocycles. The molecule has 0 aliphatic heterocycles. The Morgan fingerprint density at radius 1 is 1.24 bits per heavy atom. The van der Waals surface area contributed by atoms with E-state index >= 15 is 0 Å². The first-order chi connectivity index (χ1) is 10.1. The van der Waals surface area contributed by atoms with Gasteiger partial charge >= 0.3 is 0 Å². The van der Waals surface area contributed by atoms with Gasteiger partial charge in [-0.3, -0.25) is 9.59 Å². The highest BCUT2D eigenvalue weighted by Gasteiger charge is 2.06. The third-order valence-electron chi connectivity index (χ3n) is 3.08. The maximum absolute atomic E-state index is 11.5. The zero-order valence-electron chi connectivity index (χ0n) is 11.4. The Kier molecular flexibility index (Phi) is 5.19. The fourth-order valence-corrected chi connectivity index (χ4v) is 2.18. The summed E-state index contributed by atoms with van der Waals surface area (Å²) in [7, 11) is 0. The molecule has 0 radical (unpaired) electrons. The molecule has 2 amide bonds. The minimum atomic E-state index is -0.351. The van der Waals surface area contributed by atoms with Crippen molar-refractivity contribution in [1.82, 2.24) is 15.6 Å². The predicted octanol–water partition coefficient (Wildman–Crippen LogP) is 0.555. The predicted molar refractivity (Wildman–Crippen MR) is 82.1 cm³/mol. The van der Waals surface area contributed by atoms with Crippen LogP contribution in [-0.2, 0) is 16.0 Å². The van der Waals surface area contributed by atoms with E-state index in [9.17, 15) is 9.59 Å². The summed E-state index contributed by atoms with van der Waals surface area (Å²) in [5, 5.41) is 6.88. The fraction of sp³-hybridized carbons (Fsp3) is 0.286. The summed E-state index contributed by atoms with van der Waals surface area (Å²) in [5.74, 6) is -0.592. The highest BCUT2D eigenvalue weighted by molar-refractivity contribution is 6.31. The second-order valence-electron chi connectivity index (χ2n) is 4.58. The maximum Gasteiger partial charge on any atom is 0.239 e. The number of H-pyrrole nitrogens is 1. The molecule has 1 aromatic heterocycles. The number of carbonyl (C=O) groups excluding carboxylic acids is 2. The van der Waals surface area contributed by atoms with Gasteiger partial charge in [-0.25, -0.2) is 0 Å². The number of halogens is 1. The summed E-state index contributed by atoms with van der Waals surface area (Å²) in [6.45, 7) is 0.302. The number of benzene rings is 1. The first-order valence-corrected chi connectivity index (χ1v) is 6.97. The highest BCUT2D eigenvalue weighted by Crippen LogP contribution is 2.22. The van der Waals surface area contributed by atoms with Gasteiger partial charge in [0.1, 0.15) is 0 Å². The Hall–Kier alpha value is -2.05. The lowest BCUT2D eigenvalue weighted by atomic mass is 10.1. The fourth-order valence-electron chi connectivity index (χ4n) is 2.01. The Morgan fingerprint density at radius 3 is 2.81 bits per heavy atom. The molecule has 2 rings (SSSR count). The molecule has 1 heterocycles. The van der Waals surface area contributed by atoms with E-state index in [0.717, 1.165) is 16.5 Å². The molecule has 0 atom stereocenters. The van der Waals surface area contributed by atoms with Crippen molar-refractivity contribution in [3.63, 3.8) is 0 Å². The highest BCUT2D eigenvalue weighted by atomic mass is 35.5. The number of nitrogens with one attached hydrogen (secondary N) is 3. The second-order valence-corrected chi connectivity index (χ2v) is 5.02. The number of fused-ring (bicyclic) bond motifs is 1. The largest absolute Gasteiger partial charge is 0.361 e. The van der Waals surface area contributed by atoms with Gasteiger partial charge in [-0.2, -0.15) is 0 Å². The van der Waals surface area contributed by atoms with Crippen LogP contribution in [0.3, 0.4) is 0 Å². The Morgan fingerprint density at radius 2 is 2.05 bits per heavy atom. The molecular formula is C14H17ClN4O2. The van der Waals surface area contributed by atoms with E-state index < -0.39 is 0 Å². The van der Waals surface area contributed by atoms with Crippen LogP contribution in [0, 0.1) is 0 Å². The van der Waals surface area contributed by atoms with Crippen molar-refractivity contribution in [2.75, 3.05) is 19.6 Å². The van der Waals surface area contributed by atoms with Crippen LogP contribution in [0.15, 0.2) is 24.4 Å². The average Bonchev–Trinajstić information content (AvgIpc) is 2.87. The van der Waals surface area contributed by atoms with Crippen molar-refractivity contribution >= 4 is 34.3 Å². The number of hydrogen-bond acceptors (Lipinski definition) is 3. The third-order valence-corrected chi connectivity index (χ3v) is 3.31. The maximum atomic E-state index is 11.5. The lowest BCUT2D eigenvalue weighted by molar-refractivity contribution is -0.125. The topological polar surface area (TPSA) is 100 Å². The van der Waals surface area contributed by atoms with Crippen molar-refractivity contribution in [2.24, 2.45) is 5.73 Å². The van der Waals surface area contributed by atoms with Crippen molar-refractivity contribution < 1.29 is 9.59 Å². The van der Waals surface area contributed by atoms with E-state index in [0.29, 0.717) is 18.0 Å². The van der Waals surface area contributed by atoms with Gasteiger partial charge in [-0.05, 0) is 30.2 Å². The van der Waals surface area contributed by atoms with E-state index in [1.54, 1.807) is 0 Å². The molecule has 0 saturated heterocycles. The van der Waals surface area contributed by atoms with Gasteiger partial charge in [0.25, 0.3) is 0 Å². The van der Waals surface area contributed by atoms with Crippen molar-refractivity contribution in [3.8, 4) is 0 Å². The molecule has 5 N–H and O–H groups in total. The Labute approximate surface area is 127 Å². The molecular weight excluding hydrogens is 292 g/mol. The smallest absolute Gasteiger partial charge is 0.239 e. The number of hydrogen-bond donors (Lipinski definition) is 4. The number of rotatable bonds is 6. The van der Waals surface area contributed by atoms with Gasteiger partial charge in [0.05, 0.1) is 13.1 Å². The van der Waals surface area contributed by atoms with Crippen LogP contribution in [0.1, 0.15) is 5.56 Å². The first-order valence-electron chi connectivity index (χ1n) is 6.59. The number of carbonyl (C=O) groups is 2. The van der Waals surface area contributed by atoms with E-state index in [-0.39, 0.29) is 24.9 Å². The normalized spacial score (nSPS) is 10.6. The van der Waals surface area contributed by atoms with Crippen LogP contribution < -0.4 is 16.4 Å². The van der Waals surface area contributed by atoms with E-state index in [4.69, 9.17) is 17.3 Å². The zero-order chi connectivity index (χ0) is 15.2. The minimum Gasteiger partial charge on any atom is -0.361 e. The first kappa shape index (κ1) is 15.3. The molecule has 0 aliphatic rings. The Balaban J connectivity index is 1.83. The Bertz CT molecular complexity index is 653. The summed E-state index contributed by atoms with van der Waals surface area (Å²) < 4.78 is 0. The van der Waals surface area contributed by atoms with Gasteiger partial charge < -0.3 is 21.4 Å². The van der Waals surface area contributed by atoms with E-state index in [1.807, 2.05) is 24.4 Å². The van der Waals surface area contributed by atoms with Crippen molar-refractivity contribution in [2.45, 2.75) is 6.42 Å². The SMILES string of the molecule is NCC(=O)NCC(=O)NCCc1c[nH]c2ccc(Cl)cc12. The van der Waals surface area contributed by atoms with Crippen LogP contribution >= 0.6 is 11.6 Å². The van der Waals surface area contributed by atoms with E-state index in [2.05, 4.69) is 15.6 Å². The standard InChI is InChI=1S/C14H17ClN4O2/c15-10-1-2-12-11(5-10)9(7-18-12)3-4-17-14(21)8-19-13(20)6-16/h1-2,5,7,18H,3-4,6,8,16H2,(H,17,21)(H,19,20). The van der Waals surface area contributed by atoms with Crippen LogP contribution in [0.25, 0.3) is 10.9 Å². The molecule has 6 nitrogen and oxygen atoms in total. The van der Waals surface area contributed by atoms with Gasteiger partial charge in [-0.15, -0.1) is 0 Å². The molecule has 21 heavy (non-hydrogen) atoms. The molecule has 1 aromatic carbocycles.